The zero-order valence-corrected chi connectivity index (χ0v) is 14.2. The standard InChI is InChI=1S/C17H20O10/c18-11-26-15(24)3-1-2-7-17(8-4-13(20)21,9-5-14(22)23)10-6-16(25)27-12-19/h1,3-6,8-10,18-19H,2,7,11-12H2,(H,20,21)(H,22,23). The van der Waals surface area contributed by atoms with Crippen LogP contribution >= 0.6 is 0 Å². The van der Waals surface area contributed by atoms with Gasteiger partial charge in [0, 0.05) is 29.7 Å². The normalized spacial score (nSPS) is 14.0. The quantitative estimate of drug-likeness (QED) is 0.206. The highest BCUT2D eigenvalue weighted by Gasteiger charge is 2.21. The number of carbonyl (C=O) groups excluding carboxylic acids is 2. The lowest BCUT2D eigenvalue weighted by Crippen LogP contribution is -2.15. The van der Waals surface area contributed by atoms with E-state index in [1.54, 1.807) is 0 Å². The van der Waals surface area contributed by atoms with E-state index in [1.807, 2.05) is 0 Å². The minimum Gasteiger partial charge on any atom is -0.478 e. The summed E-state index contributed by atoms with van der Waals surface area (Å²) in [6, 6.07) is 0. The number of allylic oxidation sites excluding steroid dienone is 4. The van der Waals surface area contributed by atoms with Gasteiger partial charge in [-0.3, -0.25) is 0 Å². The summed E-state index contributed by atoms with van der Waals surface area (Å²) in [5.41, 5.74) is -1.31. The van der Waals surface area contributed by atoms with Crippen molar-refractivity contribution in [2.45, 2.75) is 12.8 Å². The second kappa shape index (κ2) is 13.0. The molecule has 10 heteroatoms. The van der Waals surface area contributed by atoms with Crippen molar-refractivity contribution in [1.29, 1.82) is 0 Å². The number of aliphatic hydroxyl groups is 2. The van der Waals surface area contributed by atoms with Crippen LogP contribution in [0.5, 0.6) is 0 Å². The van der Waals surface area contributed by atoms with Gasteiger partial charge in [0.2, 0.25) is 0 Å². The van der Waals surface area contributed by atoms with Crippen molar-refractivity contribution < 1.29 is 49.1 Å². The van der Waals surface area contributed by atoms with Crippen molar-refractivity contribution in [3.8, 4) is 0 Å². The Labute approximate surface area is 154 Å². The van der Waals surface area contributed by atoms with Crippen LogP contribution in [-0.4, -0.2) is 57.9 Å². The molecule has 0 saturated heterocycles. The van der Waals surface area contributed by atoms with Crippen molar-refractivity contribution in [3.05, 3.63) is 48.6 Å². The highest BCUT2D eigenvalue weighted by molar-refractivity contribution is 5.83. The first-order valence-electron chi connectivity index (χ1n) is 7.50. The molecule has 10 nitrogen and oxygen atoms in total. The third-order valence-corrected chi connectivity index (χ3v) is 3.01. The summed E-state index contributed by atoms with van der Waals surface area (Å²) in [5, 5.41) is 34.7. The highest BCUT2D eigenvalue weighted by atomic mass is 16.6. The summed E-state index contributed by atoms with van der Waals surface area (Å²) in [6.45, 7) is -1.65. The summed E-state index contributed by atoms with van der Waals surface area (Å²) in [4.78, 5) is 44.2. The fourth-order valence-corrected chi connectivity index (χ4v) is 1.83. The van der Waals surface area contributed by atoms with Crippen molar-refractivity contribution in [3.63, 3.8) is 0 Å². The van der Waals surface area contributed by atoms with Gasteiger partial charge in [0.1, 0.15) is 0 Å². The van der Waals surface area contributed by atoms with Gasteiger partial charge < -0.3 is 29.9 Å². The maximum absolute atomic E-state index is 11.4. The first-order valence-corrected chi connectivity index (χ1v) is 7.50. The maximum Gasteiger partial charge on any atom is 0.332 e. The van der Waals surface area contributed by atoms with Gasteiger partial charge in [-0.25, -0.2) is 19.2 Å². The molecule has 0 unspecified atom stereocenters. The number of aliphatic carboxylic acids is 2. The Morgan fingerprint density at radius 2 is 1.19 bits per heavy atom. The summed E-state index contributed by atoms with van der Waals surface area (Å²) in [6.07, 6.45) is 8.65. The minimum absolute atomic E-state index is 0.0758. The predicted octanol–water partition coefficient (Wildman–Crippen LogP) is 0.133. The number of esters is 2. The second-order valence-corrected chi connectivity index (χ2v) is 4.91. The van der Waals surface area contributed by atoms with Crippen LogP contribution in [0.15, 0.2) is 48.6 Å². The van der Waals surface area contributed by atoms with Crippen LogP contribution in [0.3, 0.4) is 0 Å². The molecular weight excluding hydrogens is 364 g/mol. The largest absolute Gasteiger partial charge is 0.478 e. The maximum atomic E-state index is 11.4. The lowest BCUT2D eigenvalue weighted by Gasteiger charge is -2.22. The SMILES string of the molecule is O=C(O)C=CC(C=CC(=O)O)(C=CC(=O)OCO)CCC=CC(=O)OCO. The Hall–Kier alpha value is -3.24. The molecule has 0 aromatic rings. The van der Waals surface area contributed by atoms with Gasteiger partial charge in [-0.1, -0.05) is 24.3 Å². The topological polar surface area (TPSA) is 168 Å². The van der Waals surface area contributed by atoms with E-state index in [1.165, 1.54) is 12.2 Å². The lowest BCUT2D eigenvalue weighted by atomic mass is 9.81. The molecule has 0 fully saturated rings. The van der Waals surface area contributed by atoms with E-state index in [2.05, 4.69) is 9.47 Å². The average Bonchev–Trinajstić information content (AvgIpc) is 2.60. The number of aliphatic hydroxyl groups excluding tert-OH is 2. The molecule has 0 saturated carbocycles. The van der Waals surface area contributed by atoms with Crippen molar-refractivity contribution in [2.75, 3.05) is 13.6 Å². The van der Waals surface area contributed by atoms with E-state index < -0.39 is 42.9 Å². The molecule has 0 rings (SSSR count). The number of hydrogen-bond donors (Lipinski definition) is 4. The van der Waals surface area contributed by atoms with Gasteiger partial charge in [0.25, 0.3) is 0 Å². The molecule has 0 heterocycles. The van der Waals surface area contributed by atoms with E-state index in [4.69, 9.17) is 20.4 Å². The predicted molar refractivity (Wildman–Crippen MR) is 89.9 cm³/mol. The van der Waals surface area contributed by atoms with Crippen LogP contribution in [-0.2, 0) is 28.7 Å². The van der Waals surface area contributed by atoms with Crippen LogP contribution in [0.25, 0.3) is 0 Å². The molecule has 0 aromatic heterocycles. The van der Waals surface area contributed by atoms with E-state index in [0.717, 1.165) is 36.5 Å². The molecule has 0 aliphatic carbocycles. The molecule has 0 atom stereocenters. The van der Waals surface area contributed by atoms with Gasteiger partial charge in [0.05, 0.1) is 0 Å². The van der Waals surface area contributed by atoms with E-state index >= 15 is 0 Å². The summed E-state index contributed by atoms with van der Waals surface area (Å²) in [7, 11) is 0. The number of rotatable bonds is 12. The third-order valence-electron chi connectivity index (χ3n) is 3.01. The van der Waals surface area contributed by atoms with Gasteiger partial charge >= 0.3 is 23.9 Å². The molecule has 0 aliphatic rings. The monoisotopic (exact) mass is 384 g/mol. The van der Waals surface area contributed by atoms with Crippen molar-refractivity contribution in [1.82, 2.24) is 0 Å². The van der Waals surface area contributed by atoms with Crippen molar-refractivity contribution >= 4 is 23.9 Å². The number of hydrogen-bond acceptors (Lipinski definition) is 8. The van der Waals surface area contributed by atoms with E-state index in [9.17, 15) is 19.2 Å². The molecule has 27 heavy (non-hydrogen) atoms. The van der Waals surface area contributed by atoms with Gasteiger partial charge in [-0.15, -0.1) is 0 Å². The van der Waals surface area contributed by atoms with Gasteiger partial charge in [-0.2, -0.15) is 0 Å². The van der Waals surface area contributed by atoms with E-state index in [-0.39, 0.29) is 12.8 Å². The molecule has 148 valence electrons. The Bertz CT molecular complexity index is 618. The van der Waals surface area contributed by atoms with Crippen LogP contribution in [0.2, 0.25) is 0 Å². The zero-order valence-electron chi connectivity index (χ0n) is 14.2. The molecule has 0 amide bonds. The van der Waals surface area contributed by atoms with Crippen LogP contribution in [0.1, 0.15) is 12.8 Å². The first-order chi connectivity index (χ1) is 12.7. The number of carbonyl (C=O) groups is 4. The fraction of sp³-hybridized carbons (Fsp3) is 0.294. The van der Waals surface area contributed by atoms with Gasteiger partial charge in [-0.05, 0) is 12.8 Å². The average molecular weight is 384 g/mol. The number of carboxylic acids is 2. The number of carboxylic acid groups (broad SMARTS) is 2. The Kier molecular flexibility index (Phi) is 11.5. The summed E-state index contributed by atoms with van der Waals surface area (Å²) < 4.78 is 8.61. The highest BCUT2D eigenvalue weighted by Crippen LogP contribution is 2.30. The molecule has 4 N–H and O–H groups in total. The Morgan fingerprint density at radius 3 is 1.63 bits per heavy atom. The third kappa shape index (κ3) is 11.9. The van der Waals surface area contributed by atoms with Crippen LogP contribution in [0, 0.1) is 5.41 Å². The smallest absolute Gasteiger partial charge is 0.332 e. The fourth-order valence-electron chi connectivity index (χ4n) is 1.83. The Morgan fingerprint density at radius 1 is 0.741 bits per heavy atom. The minimum atomic E-state index is -1.31. The molecular formula is C17H20O10. The van der Waals surface area contributed by atoms with Crippen LogP contribution < -0.4 is 0 Å². The Balaban J connectivity index is 5.61. The summed E-state index contributed by atoms with van der Waals surface area (Å²) in [5.74, 6) is -4.31. The molecule has 0 spiro atoms. The lowest BCUT2D eigenvalue weighted by molar-refractivity contribution is -0.146. The first kappa shape index (κ1) is 23.8. The zero-order chi connectivity index (χ0) is 20.7. The van der Waals surface area contributed by atoms with E-state index in [0.29, 0.717) is 0 Å². The molecule has 0 radical (unpaired) electrons. The van der Waals surface area contributed by atoms with Crippen LogP contribution in [0.4, 0.5) is 0 Å². The second-order valence-electron chi connectivity index (χ2n) is 4.91. The van der Waals surface area contributed by atoms with Crippen molar-refractivity contribution in [2.24, 2.45) is 5.41 Å². The van der Waals surface area contributed by atoms with Gasteiger partial charge in [0.15, 0.2) is 13.6 Å². The molecule has 0 aliphatic heterocycles. The number of ether oxygens (including phenoxy) is 2. The molecule has 0 aromatic carbocycles. The summed E-state index contributed by atoms with van der Waals surface area (Å²) >= 11 is 0. The molecule has 0 bridgehead atoms.